The molecule has 3 amide bonds. The number of ether oxygens (including phenoxy) is 1. The smallest absolute Gasteiger partial charge is 0.255 e. The lowest BCUT2D eigenvalue weighted by Gasteiger charge is -2.31. The van der Waals surface area contributed by atoms with Crippen molar-refractivity contribution in [1.29, 1.82) is 0 Å². The van der Waals surface area contributed by atoms with Crippen molar-refractivity contribution in [1.82, 2.24) is 15.1 Å². The zero-order valence-corrected chi connectivity index (χ0v) is 16.9. The first-order valence-electron chi connectivity index (χ1n) is 10.6. The molecule has 0 spiro atoms. The van der Waals surface area contributed by atoms with E-state index in [1.165, 1.54) is 6.54 Å². The summed E-state index contributed by atoms with van der Waals surface area (Å²) in [4.78, 5) is 40.5. The summed E-state index contributed by atoms with van der Waals surface area (Å²) in [5.41, 5.74) is 1.51. The van der Waals surface area contributed by atoms with E-state index in [-0.39, 0.29) is 30.2 Å². The Balaban J connectivity index is 1.31. The third kappa shape index (κ3) is 3.12. The van der Waals surface area contributed by atoms with Crippen LogP contribution in [0.1, 0.15) is 42.6 Å². The first kappa shape index (κ1) is 18.6. The van der Waals surface area contributed by atoms with Gasteiger partial charge in [-0.05, 0) is 48.6 Å². The summed E-state index contributed by atoms with van der Waals surface area (Å²) in [6.45, 7) is 8.03. The summed E-state index contributed by atoms with van der Waals surface area (Å²) in [7, 11) is 0. The number of carbonyl (C=O) groups is 3. The zero-order chi connectivity index (χ0) is 20.3. The van der Waals surface area contributed by atoms with Crippen LogP contribution in [0, 0.1) is 17.8 Å². The van der Waals surface area contributed by atoms with Crippen LogP contribution in [0.25, 0.3) is 0 Å². The third-order valence-electron chi connectivity index (χ3n) is 7.20. The van der Waals surface area contributed by atoms with Crippen LogP contribution in [0.5, 0.6) is 5.75 Å². The fourth-order valence-corrected chi connectivity index (χ4v) is 5.40. The van der Waals surface area contributed by atoms with E-state index in [1.54, 1.807) is 4.90 Å². The van der Waals surface area contributed by atoms with Crippen LogP contribution in [0.4, 0.5) is 0 Å². The highest BCUT2D eigenvalue weighted by Gasteiger charge is 2.55. The Morgan fingerprint density at radius 1 is 1.21 bits per heavy atom. The van der Waals surface area contributed by atoms with Crippen molar-refractivity contribution in [3.8, 4) is 5.75 Å². The predicted octanol–water partition coefficient (Wildman–Crippen LogP) is 1.41. The molecule has 7 heteroatoms. The molecule has 1 N–H and O–H groups in total. The number of piperidine rings is 2. The van der Waals surface area contributed by atoms with E-state index in [2.05, 4.69) is 24.1 Å². The lowest BCUT2D eigenvalue weighted by molar-refractivity contribution is -0.136. The number of hydrogen-bond donors (Lipinski definition) is 1. The van der Waals surface area contributed by atoms with Crippen molar-refractivity contribution in [3.05, 3.63) is 29.3 Å². The minimum Gasteiger partial charge on any atom is -0.489 e. The average Bonchev–Trinajstić information content (AvgIpc) is 3.24. The number of nitrogens with zero attached hydrogens (tertiary/aromatic N) is 2. The van der Waals surface area contributed by atoms with Crippen LogP contribution in [-0.4, -0.2) is 59.3 Å². The van der Waals surface area contributed by atoms with E-state index in [0.29, 0.717) is 30.4 Å². The number of hydrogen-bond acceptors (Lipinski definition) is 5. The largest absolute Gasteiger partial charge is 0.489 e. The van der Waals surface area contributed by atoms with Crippen LogP contribution in [-0.2, 0) is 16.1 Å². The van der Waals surface area contributed by atoms with E-state index in [0.717, 1.165) is 30.3 Å². The van der Waals surface area contributed by atoms with Gasteiger partial charge in [-0.15, -0.1) is 0 Å². The number of benzene rings is 1. The van der Waals surface area contributed by atoms with Crippen molar-refractivity contribution >= 4 is 17.7 Å². The van der Waals surface area contributed by atoms with Gasteiger partial charge in [-0.3, -0.25) is 24.6 Å². The highest BCUT2D eigenvalue weighted by Crippen LogP contribution is 2.52. The maximum absolute atomic E-state index is 12.8. The monoisotopic (exact) mass is 397 g/mol. The molecule has 29 heavy (non-hydrogen) atoms. The number of likely N-dealkylation sites (N-methyl/N-ethyl adjacent to an activating group) is 1. The van der Waals surface area contributed by atoms with Gasteiger partial charge in [0.2, 0.25) is 11.8 Å². The van der Waals surface area contributed by atoms with Gasteiger partial charge in [-0.1, -0.05) is 13.8 Å². The number of imide groups is 1. The molecule has 1 aliphatic carbocycles. The molecule has 1 aromatic rings. The number of rotatable bonds is 4. The Morgan fingerprint density at radius 2 is 2.03 bits per heavy atom. The molecule has 4 aliphatic rings. The zero-order valence-electron chi connectivity index (χ0n) is 16.9. The van der Waals surface area contributed by atoms with Gasteiger partial charge in [0.25, 0.3) is 5.91 Å². The normalized spacial score (nSPS) is 33.9. The van der Waals surface area contributed by atoms with Gasteiger partial charge < -0.3 is 9.64 Å². The van der Waals surface area contributed by atoms with Crippen LogP contribution in [0.3, 0.4) is 0 Å². The third-order valence-corrected chi connectivity index (χ3v) is 7.20. The molecule has 1 unspecified atom stereocenters. The Morgan fingerprint density at radius 3 is 2.79 bits per heavy atom. The molecule has 0 radical (unpaired) electrons. The number of fused-ring (bicyclic) bond motifs is 2. The lowest BCUT2D eigenvalue weighted by Crippen LogP contribution is -2.52. The quantitative estimate of drug-likeness (QED) is 0.778. The summed E-state index contributed by atoms with van der Waals surface area (Å²) in [5, 5.41) is 2.34. The first-order chi connectivity index (χ1) is 14.0. The molecule has 3 heterocycles. The second-order valence-corrected chi connectivity index (χ2v) is 8.83. The van der Waals surface area contributed by atoms with E-state index < -0.39 is 6.04 Å². The summed E-state index contributed by atoms with van der Waals surface area (Å²) >= 11 is 0. The van der Waals surface area contributed by atoms with Crippen molar-refractivity contribution < 1.29 is 19.1 Å². The average molecular weight is 397 g/mol. The Kier molecular flexibility index (Phi) is 4.38. The van der Waals surface area contributed by atoms with Crippen molar-refractivity contribution in [2.45, 2.75) is 45.4 Å². The fourth-order valence-electron chi connectivity index (χ4n) is 5.40. The fraction of sp³-hybridized carbons (Fsp3) is 0.591. The standard InChI is InChI=1S/C22H27N3O4/c1-3-24-10-16-12(2)20(16)18(11-24)29-14-4-5-15-13(8-14)9-25(22(15)28)17-6-7-19(26)23-21(17)27/h4-5,8,12,16-18,20H,3,6-7,9-11H2,1-2H3,(H,23,26,27)/t12-,16+,17?,18+,20-/m0/s1. The van der Waals surface area contributed by atoms with E-state index in [9.17, 15) is 14.4 Å². The minimum absolute atomic E-state index is 0.147. The minimum atomic E-state index is -0.582. The van der Waals surface area contributed by atoms with E-state index in [4.69, 9.17) is 4.74 Å². The second kappa shape index (κ2) is 6.83. The van der Waals surface area contributed by atoms with Crippen LogP contribution < -0.4 is 10.1 Å². The van der Waals surface area contributed by atoms with Gasteiger partial charge in [0, 0.05) is 37.5 Å². The molecule has 7 nitrogen and oxygen atoms in total. The molecule has 3 fully saturated rings. The van der Waals surface area contributed by atoms with Crippen LogP contribution in [0.15, 0.2) is 18.2 Å². The van der Waals surface area contributed by atoms with Gasteiger partial charge >= 0.3 is 0 Å². The van der Waals surface area contributed by atoms with Gasteiger partial charge in [0.05, 0.1) is 0 Å². The SMILES string of the molecule is CCN1C[C@@H]2[C@H](C)[C@@H]2[C@H](Oc2ccc3c(c2)CN(C2CCC(=O)NC2=O)C3=O)C1. The second-order valence-electron chi connectivity index (χ2n) is 8.83. The Hall–Kier alpha value is -2.41. The molecule has 5 rings (SSSR count). The molecule has 2 saturated heterocycles. The Labute approximate surface area is 170 Å². The highest BCUT2D eigenvalue weighted by molar-refractivity contribution is 6.05. The summed E-state index contributed by atoms with van der Waals surface area (Å²) in [5.74, 6) is 2.05. The summed E-state index contributed by atoms with van der Waals surface area (Å²) in [6, 6.07) is 5.05. The van der Waals surface area contributed by atoms with Crippen molar-refractivity contribution in [3.63, 3.8) is 0 Å². The van der Waals surface area contributed by atoms with Crippen molar-refractivity contribution in [2.24, 2.45) is 17.8 Å². The maximum Gasteiger partial charge on any atom is 0.255 e. The molecular weight excluding hydrogens is 370 g/mol. The maximum atomic E-state index is 12.8. The van der Waals surface area contributed by atoms with Crippen LogP contribution >= 0.6 is 0 Å². The predicted molar refractivity (Wildman–Crippen MR) is 105 cm³/mol. The first-order valence-corrected chi connectivity index (χ1v) is 10.6. The molecule has 0 aromatic heterocycles. The van der Waals surface area contributed by atoms with Gasteiger partial charge in [-0.2, -0.15) is 0 Å². The van der Waals surface area contributed by atoms with Crippen molar-refractivity contribution in [2.75, 3.05) is 19.6 Å². The molecule has 1 aromatic carbocycles. The van der Waals surface area contributed by atoms with Gasteiger partial charge in [-0.25, -0.2) is 0 Å². The highest BCUT2D eigenvalue weighted by atomic mass is 16.5. The topological polar surface area (TPSA) is 79.0 Å². The molecule has 154 valence electrons. The molecule has 5 atom stereocenters. The van der Waals surface area contributed by atoms with E-state index in [1.807, 2.05) is 18.2 Å². The summed E-state index contributed by atoms with van der Waals surface area (Å²) < 4.78 is 6.39. The molecule has 0 bridgehead atoms. The molecule has 1 saturated carbocycles. The number of nitrogens with one attached hydrogen (secondary N) is 1. The van der Waals surface area contributed by atoms with E-state index >= 15 is 0 Å². The summed E-state index contributed by atoms with van der Waals surface area (Å²) in [6.07, 6.45) is 0.829. The molecule has 3 aliphatic heterocycles. The molecular formula is C22H27N3O4. The lowest BCUT2D eigenvalue weighted by atomic mass is 10.0. The Bertz CT molecular complexity index is 885. The number of carbonyl (C=O) groups excluding carboxylic acids is 3. The van der Waals surface area contributed by atoms with Gasteiger partial charge in [0.1, 0.15) is 17.9 Å². The van der Waals surface area contributed by atoms with Gasteiger partial charge in [0.15, 0.2) is 0 Å². The number of likely N-dealkylation sites (tertiary alicyclic amines) is 1. The van der Waals surface area contributed by atoms with Crippen LogP contribution in [0.2, 0.25) is 0 Å². The number of amides is 3.